The summed E-state index contributed by atoms with van der Waals surface area (Å²) in [6.07, 6.45) is 10.5. The Bertz CT molecular complexity index is 4340. The van der Waals surface area contributed by atoms with E-state index < -0.39 is 0 Å². The van der Waals surface area contributed by atoms with Crippen molar-refractivity contribution in [2.75, 3.05) is 6.54 Å². The highest BCUT2D eigenvalue weighted by molar-refractivity contribution is 7.15. The lowest BCUT2D eigenvalue weighted by Gasteiger charge is -2.15. The molecule has 0 amide bonds. The van der Waals surface area contributed by atoms with Gasteiger partial charge >= 0.3 is 0 Å². The molecule has 12 rings (SSSR count). The summed E-state index contributed by atoms with van der Waals surface area (Å²) in [5, 5.41) is 65.2. The third-order valence-electron chi connectivity index (χ3n) is 16.9. The van der Waals surface area contributed by atoms with E-state index in [1.165, 1.54) is 61.2 Å². The Balaban J connectivity index is 0.000000153. The van der Waals surface area contributed by atoms with Crippen LogP contribution in [0.25, 0.3) is 42.3 Å². The number of benzene rings is 8. The summed E-state index contributed by atoms with van der Waals surface area (Å²) in [6.45, 7) is 22.4. The van der Waals surface area contributed by atoms with Crippen molar-refractivity contribution in [1.82, 2.24) is 46.1 Å². The van der Waals surface area contributed by atoms with Crippen LogP contribution >= 0.6 is 45.3 Å². The Morgan fingerprint density at radius 3 is 1.00 bits per heavy atom. The highest BCUT2D eigenvalue weighted by atomic mass is 32.1. The summed E-state index contributed by atoms with van der Waals surface area (Å²) in [6, 6.07) is 71.7. The molecule has 0 aliphatic carbocycles. The fourth-order valence-electron chi connectivity index (χ4n) is 11.5. The minimum atomic E-state index is 0.202. The molecule has 11 nitrogen and oxygen atoms in total. The Morgan fingerprint density at radius 2 is 0.663 bits per heavy atom. The van der Waals surface area contributed by atoms with Crippen molar-refractivity contribution in [2.45, 2.75) is 157 Å². The predicted octanol–water partition coefficient (Wildman–Crippen LogP) is 21.4. The second kappa shape index (κ2) is 37.6. The van der Waals surface area contributed by atoms with Crippen LogP contribution in [-0.2, 0) is 38.5 Å². The molecular weight excluding hydrogens is 1280 g/mol. The summed E-state index contributed by atoms with van der Waals surface area (Å²) < 4.78 is 0. The molecule has 0 fully saturated rings. The van der Waals surface area contributed by atoms with Crippen LogP contribution in [0.15, 0.2) is 194 Å². The molecule has 0 saturated carbocycles. The maximum atomic E-state index is 8.94. The van der Waals surface area contributed by atoms with Crippen molar-refractivity contribution >= 4 is 45.3 Å². The third kappa shape index (κ3) is 21.7. The molecule has 8 aromatic carbocycles. The standard InChI is InChI=1S/C22H26N2S.C21H25N3S.C21H21N3S.C19H17N3S/c1-4-7-19(15-18-12-10-17(5-2)11-13-18)21-23-24-22(25-21)20-9-6-8-16(3)14-20;1-4-16-9-11-17(12-10-16)14-19(22-5-2)21-24-23-20(25-21)18-8-6-7-15(3)13-18;1-3-5-18(13-16-8-10-17(14-22)11-9-16)20-23-24-21(25-20)19-7-4-6-15(2)12-19;1-13-4-3-5-17(10-13)19-22-21-18(23-19)14(2)11-15-6-8-16(12-20)9-7-15/h6,8-14,19H,4-5,7,15H2,1-3H3;6-13,19,22H,4-5,14H2,1-3H3;4,6-12,18H,3,5,13H2,1-2H3;3-10,14H,11H2,1-2H3/t2*19-;18-;14-/m0000/s1. The zero-order valence-corrected chi connectivity index (χ0v) is 61.4. The number of nitrogens with one attached hydrogen (secondary N) is 1. The number of aromatic nitrogens is 8. The van der Waals surface area contributed by atoms with Crippen LogP contribution in [0.5, 0.6) is 0 Å². The molecule has 0 radical (unpaired) electrons. The monoisotopic (exact) mass is 1370 g/mol. The van der Waals surface area contributed by atoms with Gasteiger partial charge in [-0.2, -0.15) is 10.5 Å². The van der Waals surface area contributed by atoms with E-state index in [0.717, 1.165) is 128 Å². The summed E-state index contributed by atoms with van der Waals surface area (Å²) in [5.41, 5.74) is 18.9. The summed E-state index contributed by atoms with van der Waals surface area (Å²) in [7, 11) is 0. The Kier molecular flexibility index (Phi) is 28.1. The minimum Gasteiger partial charge on any atom is -0.308 e. The van der Waals surface area contributed by atoms with Crippen molar-refractivity contribution in [1.29, 1.82) is 10.5 Å². The van der Waals surface area contributed by atoms with Gasteiger partial charge in [-0.3, -0.25) is 0 Å². The van der Waals surface area contributed by atoms with E-state index in [2.05, 4.69) is 267 Å². The molecule has 12 aromatic rings. The highest BCUT2D eigenvalue weighted by Gasteiger charge is 2.22. The number of hydrogen-bond donors (Lipinski definition) is 1. The lowest BCUT2D eigenvalue weighted by atomic mass is 9.95. The molecule has 1 N–H and O–H groups in total. The number of nitrogens with zero attached hydrogens (tertiary/aromatic N) is 10. The average Bonchev–Trinajstić information content (AvgIpc) is 1.79. The molecule has 4 atom stereocenters. The van der Waals surface area contributed by atoms with Gasteiger partial charge in [-0.05, 0) is 168 Å². The maximum Gasteiger partial charge on any atom is 0.147 e. The first-order valence-corrected chi connectivity index (χ1v) is 37.5. The number of rotatable bonds is 24. The number of aryl methyl sites for hydroxylation is 6. The van der Waals surface area contributed by atoms with Crippen molar-refractivity contribution in [3.8, 4) is 54.4 Å². The first kappa shape index (κ1) is 73.2. The van der Waals surface area contributed by atoms with Crippen molar-refractivity contribution < 1.29 is 0 Å². The molecule has 0 aliphatic rings. The second-order valence-corrected chi connectivity index (χ2v) is 29.1. The average molecular weight is 1370 g/mol. The van der Waals surface area contributed by atoms with Gasteiger partial charge in [0.2, 0.25) is 0 Å². The normalized spacial score (nSPS) is 12.1. The lowest BCUT2D eigenvalue weighted by Crippen LogP contribution is -2.22. The van der Waals surface area contributed by atoms with E-state index >= 15 is 0 Å². The van der Waals surface area contributed by atoms with E-state index in [9.17, 15) is 0 Å². The van der Waals surface area contributed by atoms with Gasteiger partial charge in [0.15, 0.2) is 0 Å². The van der Waals surface area contributed by atoms with Gasteiger partial charge in [-0.25, -0.2) is 0 Å². The largest absolute Gasteiger partial charge is 0.308 e. The minimum absolute atomic E-state index is 0.202. The quantitative estimate of drug-likeness (QED) is 0.0613. The van der Waals surface area contributed by atoms with Gasteiger partial charge < -0.3 is 5.32 Å². The first-order chi connectivity index (χ1) is 47.7. The van der Waals surface area contributed by atoms with Crippen LogP contribution in [0.3, 0.4) is 0 Å². The number of nitriles is 2. The van der Waals surface area contributed by atoms with E-state index in [0.29, 0.717) is 28.9 Å². The van der Waals surface area contributed by atoms with E-state index in [-0.39, 0.29) is 6.04 Å². The van der Waals surface area contributed by atoms with Gasteiger partial charge in [0, 0.05) is 40.0 Å². The lowest BCUT2D eigenvalue weighted by molar-refractivity contribution is 0.543. The van der Waals surface area contributed by atoms with Crippen LogP contribution in [0, 0.1) is 50.4 Å². The zero-order chi connectivity index (χ0) is 69.2. The molecule has 4 aromatic heterocycles. The smallest absolute Gasteiger partial charge is 0.147 e. The molecule has 0 saturated heterocycles. The Labute approximate surface area is 596 Å². The van der Waals surface area contributed by atoms with Gasteiger partial charge in [0.1, 0.15) is 40.1 Å². The summed E-state index contributed by atoms with van der Waals surface area (Å²) >= 11 is 6.78. The second-order valence-electron chi connectivity index (χ2n) is 25.0. The molecular formula is C83H89N11S4. The molecule has 500 valence electrons. The topological polar surface area (TPSA) is 163 Å². The molecule has 15 heteroatoms. The van der Waals surface area contributed by atoms with Crippen LogP contribution in [0.4, 0.5) is 0 Å². The van der Waals surface area contributed by atoms with Crippen LogP contribution in [-0.4, -0.2) is 47.3 Å². The molecule has 0 unspecified atom stereocenters. The van der Waals surface area contributed by atoms with Gasteiger partial charge in [-0.1, -0.05) is 268 Å². The zero-order valence-electron chi connectivity index (χ0n) is 58.2. The van der Waals surface area contributed by atoms with Crippen LogP contribution in [0.2, 0.25) is 0 Å². The van der Waals surface area contributed by atoms with Gasteiger partial charge in [0.05, 0.1) is 29.3 Å². The fraction of sp³-hybridized carbons (Fsp3) is 0.301. The van der Waals surface area contributed by atoms with E-state index in [4.69, 9.17) is 10.5 Å². The maximum absolute atomic E-state index is 8.94. The molecule has 0 aliphatic heterocycles. The van der Waals surface area contributed by atoms with Gasteiger partial charge in [0.25, 0.3) is 0 Å². The van der Waals surface area contributed by atoms with Crippen LogP contribution < -0.4 is 5.32 Å². The fourth-order valence-corrected chi connectivity index (χ4v) is 15.3. The summed E-state index contributed by atoms with van der Waals surface area (Å²) in [5.74, 6) is 1.13. The molecule has 0 spiro atoms. The third-order valence-corrected chi connectivity index (χ3v) is 21.5. The van der Waals surface area contributed by atoms with Gasteiger partial charge in [-0.15, -0.1) is 40.8 Å². The van der Waals surface area contributed by atoms with Crippen LogP contribution in [0.1, 0.15) is 178 Å². The van der Waals surface area contributed by atoms with E-state index in [1.807, 2.05) is 54.6 Å². The van der Waals surface area contributed by atoms with Crippen molar-refractivity contribution in [2.24, 2.45) is 0 Å². The Morgan fingerprint density at radius 1 is 0.357 bits per heavy atom. The highest BCUT2D eigenvalue weighted by Crippen LogP contribution is 2.36. The SMILES string of the molecule is CCC[C@@H](Cc1ccc(C#N)cc1)c1nnc(-c2cccc(C)c2)s1.CCC[C@@H](Cc1ccc(CC)cc1)c1nnc(-c2cccc(C)c2)s1.CCN[C@@H](Cc1ccc(CC)cc1)c1nnc(-c2cccc(C)c2)s1.Cc1cccc(-c2nnc([C@@H](C)Cc3ccc(C#N)cc3)s2)c1. The molecule has 98 heavy (non-hydrogen) atoms. The first-order valence-electron chi connectivity index (χ1n) is 34.2. The number of hydrogen-bond acceptors (Lipinski definition) is 15. The Hall–Kier alpha value is -9.06. The summed E-state index contributed by atoms with van der Waals surface area (Å²) in [4.78, 5) is 0. The molecule has 0 bridgehead atoms. The number of likely N-dealkylation sites (N-methyl/N-ethyl adjacent to an activating group) is 1. The van der Waals surface area contributed by atoms with Crippen molar-refractivity contribution in [3.05, 3.63) is 281 Å². The van der Waals surface area contributed by atoms with Crippen molar-refractivity contribution in [3.63, 3.8) is 0 Å². The molecule has 4 heterocycles. The predicted molar refractivity (Wildman–Crippen MR) is 409 cm³/mol. The van der Waals surface area contributed by atoms with E-state index in [1.54, 1.807) is 45.3 Å².